The number of fused-ring (bicyclic) bond motifs is 1. The summed E-state index contributed by atoms with van der Waals surface area (Å²) in [7, 11) is 1.69. The van der Waals surface area contributed by atoms with Crippen molar-refractivity contribution >= 4 is 5.82 Å². The molecule has 1 aromatic carbocycles. The molecule has 2 aromatic rings. The molecule has 1 N–H and O–H groups in total. The molecule has 0 spiro atoms. The second-order valence-electron chi connectivity index (χ2n) is 5.31. The molecule has 1 aliphatic heterocycles. The Kier molecular flexibility index (Phi) is 3.64. The second kappa shape index (κ2) is 5.60. The van der Waals surface area contributed by atoms with Gasteiger partial charge in [0.25, 0.3) is 5.56 Å². The fourth-order valence-corrected chi connectivity index (χ4v) is 2.78. The van der Waals surface area contributed by atoms with Gasteiger partial charge in [-0.15, -0.1) is 0 Å². The highest BCUT2D eigenvalue weighted by atomic mass is 16.5. The number of anilines is 1. The number of benzene rings is 1. The van der Waals surface area contributed by atoms with Gasteiger partial charge in [0.15, 0.2) is 0 Å². The normalized spacial score (nSPS) is 14.5. The van der Waals surface area contributed by atoms with E-state index in [4.69, 9.17) is 4.74 Å². The minimum Gasteiger partial charge on any atom is -0.497 e. The van der Waals surface area contributed by atoms with E-state index in [9.17, 15) is 4.79 Å². The highest BCUT2D eigenvalue weighted by Gasteiger charge is 2.16. The molecule has 0 unspecified atom stereocenters. The van der Waals surface area contributed by atoms with Crippen LogP contribution in [0.4, 0.5) is 5.82 Å². The van der Waals surface area contributed by atoms with Crippen LogP contribution in [0.15, 0.2) is 29.1 Å². The smallest absolute Gasteiger partial charge is 0.252 e. The molecule has 0 fully saturated rings. The summed E-state index contributed by atoms with van der Waals surface area (Å²) in [5.74, 6) is 2.31. The van der Waals surface area contributed by atoms with Gasteiger partial charge in [0.1, 0.15) is 17.4 Å². The predicted molar refractivity (Wildman–Crippen MR) is 82.2 cm³/mol. The van der Waals surface area contributed by atoms with Crippen LogP contribution in [0.3, 0.4) is 0 Å². The fourth-order valence-electron chi connectivity index (χ4n) is 2.78. The number of nitrogens with zero attached hydrogens (tertiary/aromatic N) is 2. The molecule has 3 rings (SSSR count). The van der Waals surface area contributed by atoms with Crippen molar-refractivity contribution in [3.8, 4) is 5.75 Å². The van der Waals surface area contributed by atoms with Gasteiger partial charge in [-0.3, -0.25) is 4.79 Å². The maximum atomic E-state index is 11.6. The molecule has 0 saturated carbocycles. The molecule has 1 aliphatic rings. The van der Waals surface area contributed by atoms with E-state index < -0.39 is 0 Å². The van der Waals surface area contributed by atoms with Crippen LogP contribution in [0.2, 0.25) is 0 Å². The number of H-pyrrole nitrogens is 1. The Morgan fingerprint density at radius 3 is 2.67 bits per heavy atom. The van der Waals surface area contributed by atoms with E-state index in [1.807, 2.05) is 13.0 Å². The lowest BCUT2D eigenvalue weighted by Gasteiger charge is -2.21. The van der Waals surface area contributed by atoms with Gasteiger partial charge >= 0.3 is 0 Å². The molecule has 0 atom stereocenters. The second-order valence-corrected chi connectivity index (χ2v) is 5.31. The van der Waals surface area contributed by atoms with E-state index in [-0.39, 0.29) is 5.56 Å². The van der Waals surface area contributed by atoms with Crippen LogP contribution in [-0.2, 0) is 12.8 Å². The minimum atomic E-state index is -0.0964. The summed E-state index contributed by atoms with van der Waals surface area (Å²) in [5, 5.41) is 0. The van der Waals surface area contributed by atoms with Crippen molar-refractivity contribution in [2.45, 2.75) is 19.8 Å². The first kappa shape index (κ1) is 13.7. The molecule has 110 valence electrons. The van der Waals surface area contributed by atoms with Crippen molar-refractivity contribution in [3.05, 3.63) is 51.6 Å². The standard InChI is InChI=1S/C16H19N3O2/c1-11-17-15(10-16(20)18-11)19-7-5-12-3-4-14(21-2)9-13(12)6-8-19/h3-4,9-10H,5-8H2,1-2H3,(H,17,18,20). The number of rotatable bonds is 2. The Bertz CT molecular complexity index is 709. The Labute approximate surface area is 123 Å². The Hall–Kier alpha value is -2.30. The number of aryl methyl sites for hydroxylation is 1. The van der Waals surface area contributed by atoms with Crippen LogP contribution in [0, 0.1) is 6.92 Å². The summed E-state index contributed by atoms with van der Waals surface area (Å²) in [6.45, 7) is 3.54. The SMILES string of the molecule is COc1ccc2c(c1)CCN(c1cc(=O)[nH]c(C)n1)CC2. The summed E-state index contributed by atoms with van der Waals surface area (Å²) in [5.41, 5.74) is 2.57. The van der Waals surface area contributed by atoms with Crippen molar-refractivity contribution in [1.82, 2.24) is 9.97 Å². The van der Waals surface area contributed by atoms with E-state index in [1.165, 1.54) is 11.1 Å². The zero-order chi connectivity index (χ0) is 14.8. The molecule has 0 radical (unpaired) electrons. The summed E-state index contributed by atoms with van der Waals surface area (Å²) < 4.78 is 5.29. The third kappa shape index (κ3) is 2.91. The van der Waals surface area contributed by atoms with Crippen LogP contribution in [0.5, 0.6) is 5.75 Å². The van der Waals surface area contributed by atoms with Crippen molar-refractivity contribution in [3.63, 3.8) is 0 Å². The number of hydrogen-bond donors (Lipinski definition) is 1. The van der Waals surface area contributed by atoms with Gasteiger partial charge in [-0.05, 0) is 43.0 Å². The Morgan fingerprint density at radius 1 is 1.19 bits per heavy atom. The van der Waals surface area contributed by atoms with Crippen LogP contribution in [0.1, 0.15) is 17.0 Å². The van der Waals surface area contributed by atoms with Gasteiger partial charge in [-0.2, -0.15) is 0 Å². The van der Waals surface area contributed by atoms with E-state index in [2.05, 4.69) is 27.0 Å². The van der Waals surface area contributed by atoms with Gasteiger partial charge in [0.05, 0.1) is 7.11 Å². The lowest BCUT2D eigenvalue weighted by atomic mass is 10.0. The Morgan fingerprint density at radius 2 is 1.95 bits per heavy atom. The van der Waals surface area contributed by atoms with E-state index >= 15 is 0 Å². The summed E-state index contributed by atoms with van der Waals surface area (Å²) >= 11 is 0. The largest absolute Gasteiger partial charge is 0.497 e. The zero-order valence-corrected chi connectivity index (χ0v) is 12.3. The molecule has 5 nitrogen and oxygen atoms in total. The van der Waals surface area contributed by atoms with Crippen LogP contribution in [0.25, 0.3) is 0 Å². The molecule has 0 saturated heterocycles. The highest BCUT2D eigenvalue weighted by Crippen LogP contribution is 2.23. The van der Waals surface area contributed by atoms with Crippen molar-refractivity contribution in [1.29, 1.82) is 0 Å². The summed E-state index contributed by atoms with van der Waals surface area (Å²) in [4.78, 5) is 20.9. The highest BCUT2D eigenvalue weighted by molar-refractivity contribution is 5.43. The lowest BCUT2D eigenvalue weighted by Crippen LogP contribution is -2.28. The van der Waals surface area contributed by atoms with Gasteiger partial charge in [0.2, 0.25) is 0 Å². The third-order valence-electron chi connectivity index (χ3n) is 3.89. The number of nitrogens with one attached hydrogen (secondary N) is 1. The van der Waals surface area contributed by atoms with Crippen molar-refractivity contribution in [2.24, 2.45) is 0 Å². The maximum Gasteiger partial charge on any atom is 0.252 e. The Balaban J connectivity index is 1.85. The van der Waals surface area contributed by atoms with E-state index in [0.29, 0.717) is 5.82 Å². The molecule has 21 heavy (non-hydrogen) atoms. The van der Waals surface area contributed by atoms with Crippen LogP contribution < -0.4 is 15.2 Å². The van der Waals surface area contributed by atoms with Gasteiger partial charge in [-0.1, -0.05) is 6.07 Å². The summed E-state index contributed by atoms with van der Waals surface area (Å²) in [6, 6.07) is 7.82. The average Bonchev–Trinajstić information content (AvgIpc) is 2.68. The van der Waals surface area contributed by atoms with E-state index in [0.717, 1.165) is 37.5 Å². The number of methoxy groups -OCH3 is 1. The minimum absolute atomic E-state index is 0.0964. The molecule has 0 aliphatic carbocycles. The van der Waals surface area contributed by atoms with Crippen LogP contribution in [-0.4, -0.2) is 30.2 Å². The topological polar surface area (TPSA) is 58.2 Å². The molecule has 0 bridgehead atoms. The average molecular weight is 285 g/mol. The maximum absolute atomic E-state index is 11.6. The zero-order valence-electron chi connectivity index (χ0n) is 12.3. The van der Waals surface area contributed by atoms with E-state index in [1.54, 1.807) is 13.2 Å². The number of aromatic nitrogens is 2. The third-order valence-corrected chi connectivity index (χ3v) is 3.89. The lowest BCUT2D eigenvalue weighted by molar-refractivity contribution is 0.414. The molecule has 0 amide bonds. The first-order valence-electron chi connectivity index (χ1n) is 7.14. The van der Waals surface area contributed by atoms with Gasteiger partial charge < -0.3 is 14.6 Å². The first-order valence-corrected chi connectivity index (χ1v) is 7.14. The monoisotopic (exact) mass is 285 g/mol. The number of ether oxygens (including phenoxy) is 1. The molecule has 1 aromatic heterocycles. The molecule has 2 heterocycles. The first-order chi connectivity index (χ1) is 10.2. The fraction of sp³-hybridized carbons (Fsp3) is 0.375. The van der Waals surface area contributed by atoms with Gasteiger partial charge in [-0.25, -0.2) is 4.98 Å². The molecular weight excluding hydrogens is 266 g/mol. The quantitative estimate of drug-likeness (QED) is 0.912. The summed E-state index contributed by atoms with van der Waals surface area (Å²) in [6.07, 6.45) is 1.88. The predicted octanol–water partition coefficient (Wildman–Crippen LogP) is 1.69. The molecule has 5 heteroatoms. The van der Waals surface area contributed by atoms with Crippen molar-refractivity contribution in [2.75, 3.05) is 25.1 Å². The number of hydrogen-bond acceptors (Lipinski definition) is 4. The molecular formula is C16H19N3O2. The number of aromatic amines is 1. The van der Waals surface area contributed by atoms with Crippen LogP contribution >= 0.6 is 0 Å². The van der Waals surface area contributed by atoms with Gasteiger partial charge in [0, 0.05) is 19.2 Å². The van der Waals surface area contributed by atoms with Crippen molar-refractivity contribution < 1.29 is 4.74 Å².